The number of hydrogen-bond donors (Lipinski definition) is 1. The van der Waals surface area contributed by atoms with Crippen LogP contribution in [0.5, 0.6) is 0 Å². The van der Waals surface area contributed by atoms with Crippen molar-refractivity contribution in [1.82, 2.24) is 20.3 Å². The summed E-state index contributed by atoms with van der Waals surface area (Å²) in [6, 6.07) is 17.2. The maximum Gasteiger partial charge on any atom is 0.254 e. The summed E-state index contributed by atoms with van der Waals surface area (Å²) in [7, 11) is 0. The number of morpholine rings is 1. The molecule has 5 rings (SSSR count). The molecule has 1 atom stereocenters. The molecular weight excluding hydrogens is 444 g/mol. The molecule has 9 heteroatoms. The Kier molecular flexibility index (Phi) is 6.67. The number of para-hydroxylation sites is 2. The first-order valence-corrected chi connectivity index (χ1v) is 11.5. The summed E-state index contributed by atoms with van der Waals surface area (Å²) in [5.74, 6) is 0.175. The monoisotopic (exact) mass is 470 g/mol. The quantitative estimate of drug-likeness (QED) is 0.531. The zero-order valence-electron chi connectivity index (χ0n) is 19.2. The summed E-state index contributed by atoms with van der Waals surface area (Å²) in [5.41, 5.74) is 3.36. The van der Waals surface area contributed by atoms with Crippen LogP contribution in [0.3, 0.4) is 0 Å². The van der Waals surface area contributed by atoms with E-state index in [0.717, 1.165) is 36.4 Å². The minimum Gasteiger partial charge on any atom is -0.378 e. The number of nitrogens with zero attached hydrogens (tertiary/aromatic N) is 5. The summed E-state index contributed by atoms with van der Waals surface area (Å²) in [5, 5.41) is 6.22. The van der Waals surface area contributed by atoms with Crippen molar-refractivity contribution in [3.63, 3.8) is 0 Å². The Balaban J connectivity index is 1.24. The van der Waals surface area contributed by atoms with Crippen molar-refractivity contribution >= 4 is 23.7 Å². The number of nitrogens with one attached hydrogen (secondary N) is 1. The molecule has 1 aromatic heterocycles. The Labute approximate surface area is 203 Å². The van der Waals surface area contributed by atoms with E-state index in [2.05, 4.69) is 26.3 Å². The number of benzene rings is 2. The highest BCUT2D eigenvalue weighted by atomic mass is 16.5. The van der Waals surface area contributed by atoms with E-state index in [1.807, 2.05) is 60.8 Å². The van der Waals surface area contributed by atoms with Crippen LogP contribution in [0.15, 0.2) is 79.3 Å². The fourth-order valence-corrected chi connectivity index (χ4v) is 4.24. The van der Waals surface area contributed by atoms with Gasteiger partial charge in [0.05, 0.1) is 24.5 Å². The molecule has 2 amide bonds. The van der Waals surface area contributed by atoms with Crippen LogP contribution in [0.25, 0.3) is 0 Å². The van der Waals surface area contributed by atoms with Crippen molar-refractivity contribution in [1.29, 1.82) is 0 Å². The molecule has 2 aliphatic heterocycles. The number of amides is 2. The first-order valence-electron chi connectivity index (χ1n) is 11.5. The van der Waals surface area contributed by atoms with E-state index in [9.17, 15) is 9.59 Å². The number of hydrogen-bond acceptors (Lipinski definition) is 7. The van der Waals surface area contributed by atoms with Gasteiger partial charge in [-0.2, -0.15) is 0 Å². The number of carbonyl (C=O) groups excluding carboxylic acids is 2. The van der Waals surface area contributed by atoms with Gasteiger partial charge in [0.15, 0.2) is 5.82 Å². The van der Waals surface area contributed by atoms with Crippen molar-refractivity contribution in [3.05, 3.63) is 96.2 Å². The molecule has 9 nitrogen and oxygen atoms in total. The second-order valence-corrected chi connectivity index (χ2v) is 8.19. The minimum absolute atomic E-state index is 0.256. The maximum atomic E-state index is 12.8. The van der Waals surface area contributed by atoms with E-state index < -0.39 is 6.04 Å². The third kappa shape index (κ3) is 4.85. The predicted octanol–water partition coefficient (Wildman–Crippen LogP) is 2.69. The highest BCUT2D eigenvalue weighted by molar-refractivity contribution is 5.93. The Hall–Kier alpha value is -4.24. The summed E-state index contributed by atoms with van der Waals surface area (Å²) in [4.78, 5) is 35.6. The van der Waals surface area contributed by atoms with Gasteiger partial charge in [0.2, 0.25) is 6.41 Å². The van der Waals surface area contributed by atoms with E-state index >= 15 is 0 Å². The van der Waals surface area contributed by atoms with Gasteiger partial charge in [-0.3, -0.25) is 14.6 Å². The lowest BCUT2D eigenvalue weighted by Gasteiger charge is -2.30. The average molecular weight is 471 g/mol. The molecule has 0 aliphatic carbocycles. The van der Waals surface area contributed by atoms with Crippen molar-refractivity contribution in [2.75, 3.05) is 36.2 Å². The molecule has 0 bridgehead atoms. The molecule has 0 saturated carbocycles. The Bertz CT molecular complexity index is 1200. The topological polar surface area (TPSA) is 90.9 Å². The molecule has 178 valence electrons. The van der Waals surface area contributed by atoms with Gasteiger partial charge in [0.1, 0.15) is 6.04 Å². The van der Waals surface area contributed by atoms with Crippen molar-refractivity contribution in [3.8, 4) is 0 Å². The Morgan fingerprint density at radius 2 is 1.74 bits per heavy atom. The smallest absolute Gasteiger partial charge is 0.254 e. The maximum absolute atomic E-state index is 12.8. The molecule has 2 aromatic carbocycles. The predicted molar refractivity (Wildman–Crippen MR) is 131 cm³/mol. The number of rotatable bonds is 7. The van der Waals surface area contributed by atoms with Gasteiger partial charge < -0.3 is 15.0 Å². The van der Waals surface area contributed by atoms with Crippen LogP contribution in [0.4, 0.5) is 11.4 Å². The van der Waals surface area contributed by atoms with E-state index in [-0.39, 0.29) is 5.91 Å². The zero-order valence-corrected chi connectivity index (χ0v) is 19.2. The van der Waals surface area contributed by atoms with Gasteiger partial charge in [-0.15, -0.1) is 0 Å². The summed E-state index contributed by atoms with van der Waals surface area (Å²) < 4.78 is 5.45. The normalized spacial score (nSPS) is 17.5. The van der Waals surface area contributed by atoms with Gasteiger partial charge in [-0.1, -0.05) is 36.4 Å². The second-order valence-electron chi connectivity index (χ2n) is 8.19. The van der Waals surface area contributed by atoms with Crippen LogP contribution >= 0.6 is 0 Å². The third-order valence-electron chi connectivity index (χ3n) is 6.05. The second kappa shape index (κ2) is 10.4. The molecule has 1 saturated heterocycles. The van der Waals surface area contributed by atoms with Gasteiger partial charge >= 0.3 is 0 Å². The Morgan fingerprint density at radius 3 is 2.49 bits per heavy atom. The number of ether oxygens (including phenoxy) is 1. The van der Waals surface area contributed by atoms with E-state index in [4.69, 9.17) is 4.74 Å². The fourth-order valence-electron chi connectivity index (χ4n) is 4.24. The molecule has 2 aliphatic rings. The number of hydrazine groups is 1. The minimum atomic E-state index is -0.454. The largest absolute Gasteiger partial charge is 0.378 e. The van der Waals surface area contributed by atoms with Crippen LogP contribution in [-0.2, 0) is 16.1 Å². The zero-order chi connectivity index (χ0) is 24.0. The van der Waals surface area contributed by atoms with Gasteiger partial charge in [0, 0.05) is 43.9 Å². The van der Waals surface area contributed by atoms with Crippen molar-refractivity contribution < 1.29 is 14.3 Å². The fraction of sp³-hybridized carbons (Fsp3) is 0.231. The van der Waals surface area contributed by atoms with E-state index in [0.29, 0.717) is 31.1 Å². The SMILES string of the molecule is O=CN1C(c2ncc(C(=O)NCc3ccccc3N3CCOCC3)cn2)C=CN1c1ccccc1. The molecule has 1 N–H and O–H groups in total. The number of aromatic nitrogens is 2. The van der Waals surface area contributed by atoms with Crippen LogP contribution in [0, 0.1) is 0 Å². The summed E-state index contributed by atoms with van der Waals surface area (Å²) in [6.45, 7) is 3.45. The van der Waals surface area contributed by atoms with E-state index in [1.54, 1.807) is 5.01 Å². The average Bonchev–Trinajstić information content (AvgIpc) is 3.37. The molecule has 1 fully saturated rings. The molecule has 35 heavy (non-hydrogen) atoms. The molecular formula is C26H26N6O3. The van der Waals surface area contributed by atoms with Crippen molar-refractivity contribution in [2.24, 2.45) is 0 Å². The highest BCUT2D eigenvalue weighted by Crippen LogP contribution is 2.30. The van der Waals surface area contributed by atoms with E-state index in [1.165, 1.54) is 17.4 Å². The number of carbonyl (C=O) groups is 2. The van der Waals surface area contributed by atoms with Gasteiger partial charge in [-0.25, -0.2) is 15.0 Å². The highest BCUT2D eigenvalue weighted by Gasteiger charge is 2.29. The number of anilines is 2. The molecule has 1 unspecified atom stereocenters. The first kappa shape index (κ1) is 22.5. The lowest BCUT2D eigenvalue weighted by molar-refractivity contribution is -0.119. The molecule has 3 aromatic rings. The molecule has 3 heterocycles. The van der Waals surface area contributed by atoms with Gasteiger partial charge in [0.25, 0.3) is 5.91 Å². The van der Waals surface area contributed by atoms with Gasteiger partial charge in [-0.05, 0) is 29.8 Å². The standard InChI is InChI=1S/C26H26N6O3/c33-19-32-24(10-11-31(32)22-7-2-1-3-8-22)25-27-17-21(18-28-25)26(34)29-16-20-6-4-5-9-23(20)30-12-14-35-15-13-30/h1-11,17-19,24H,12-16H2,(H,29,34). The first-order chi connectivity index (χ1) is 17.2. The summed E-state index contributed by atoms with van der Waals surface area (Å²) in [6.07, 6.45) is 7.39. The molecule has 0 spiro atoms. The third-order valence-corrected chi connectivity index (χ3v) is 6.05. The lowest BCUT2D eigenvalue weighted by Crippen LogP contribution is -2.37. The van der Waals surface area contributed by atoms with Crippen LogP contribution in [0.2, 0.25) is 0 Å². The van der Waals surface area contributed by atoms with Crippen molar-refractivity contribution in [2.45, 2.75) is 12.6 Å². The van der Waals surface area contributed by atoms with Crippen LogP contribution in [0.1, 0.15) is 27.8 Å². The summed E-state index contributed by atoms with van der Waals surface area (Å²) >= 11 is 0. The lowest BCUT2D eigenvalue weighted by atomic mass is 10.1. The molecule has 0 radical (unpaired) electrons. The Morgan fingerprint density at radius 1 is 1.03 bits per heavy atom. The van der Waals surface area contributed by atoms with Crippen LogP contribution < -0.4 is 15.2 Å². The van der Waals surface area contributed by atoms with Crippen LogP contribution in [-0.4, -0.2) is 53.6 Å².